The van der Waals surface area contributed by atoms with Crippen LogP contribution in [-0.2, 0) is 6.42 Å². The molecule has 0 N–H and O–H groups in total. The second-order valence-electron chi connectivity index (χ2n) is 7.22. The van der Waals surface area contributed by atoms with Crippen LogP contribution >= 0.6 is 0 Å². The van der Waals surface area contributed by atoms with Gasteiger partial charge in [0.2, 0.25) is 5.95 Å². The molecule has 0 atom stereocenters. The molecule has 140 valence electrons. The summed E-state index contributed by atoms with van der Waals surface area (Å²) in [6.45, 7) is 8.48. The van der Waals surface area contributed by atoms with Crippen LogP contribution in [0.5, 0.6) is 0 Å². The summed E-state index contributed by atoms with van der Waals surface area (Å²) in [7, 11) is 0. The topological polar surface area (TPSA) is 45.2 Å². The van der Waals surface area contributed by atoms with E-state index in [0.717, 1.165) is 56.7 Å². The first kappa shape index (κ1) is 18.6. The standard InChI is InChI=1S/C21H31N5/c1-3-12-25(13-4-2)20-17-22-24-21(23-20)26-14-10-19(11-15-26)16-18-8-6-5-7-9-18/h5-9,17,19H,3-4,10-16H2,1-2H3. The van der Waals surface area contributed by atoms with Gasteiger partial charge in [0.15, 0.2) is 5.82 Å². The van der Waals surface area contributed by atoms with E-state index in [9.17, 15) is 0 Å². The summed E-state index contributed by atoms with van der Waals surface area (Å²) in [5.41, 5.74) is 1.45. The third-order valence-electron chi connectivity index (χ3n) is 5.11. The predicted octanol–water partition coefficient (Wildman–Crippen LogP) is 3.96. The van der Waals surface area contributed by atoms with Gasteiger partial charge in [0.05, 0.1) is 6.20 Å². The fourth-order valence-corrected chi connectivity index (χ4v) is 3.74. The molecule has 1 saturated heterocycles. The van der Waals surface area contributed by atoms with Gasteiger partial charge in [-0.15, -0.1) is 5.10 Å². The fraction of sp³-hybridized carbons (Fsp3) is 0.571. The van der Waals surface area contributed by atoms with Gasteiger partial charge in [0.1, 0.15) is 0 Å². The first-order chi connectivity index (χ1) is 12.8. The van der Waals surface area contributed by atoms with Crippen molar-refractivity contribution in [2.45, 2.75) is 46.0 Å². The SMILES string of the molecule is CCCN(CCC)c1cnnc(N2CCC(Cc3ccccc3)CC2)n1. The van der Waals surface area contributed by atoms with Gasteiger partial charge in [-0.2, -0.15) is 10.1 Å². The molecule has 2 aromatic rings. The molecule has 0 unspecified atom stereocenters. The van der Waals surface area contributed by atoms with E-state index < -0.39 is 0 Å². The lowest BCUT2D eigenvalue weighted by atomic mass is 9.90. The van der Waals surface area contributed by atoms with Crippen LogP contribution in [0.2, 0.25) is 0 Å². The molecule has 1 aromatic heterocycles. The van der Waals surface area contributed by atoms with Gasteiger partial charge >= 0.3 is 0 Å². The van der Waals surface area contributed by atoms with Crippen molar-refractivity contribution in [1.82, 2.24) is 15.2 Å². The highest BCUT2D eigenvalue weighted by atomic mass is 15.3. The highest BCUT2D eigenvalue weighted by Crippen LogP contribution is 2.24. The average molecular weight is 354 g/mol. The highest BCUT2D eigenvalue weighted by molar-refractivity contribution is 5.41. The summed E-state index contributed by atoms with van der Waals surface area (Å²) >= 11 is 0. The monoisotopic (exact) mass is 353 g/mol. The maximum atomic E-state index is 4.82. The van der Waals surface area contributed by atoms with Gasteiger partial charge in [-0.1, -0.05) is 44.2 Å². The van der Waals surface area contributed by atoms with Crippen molar-refractivity contribution in [2.75, 3.05) is 36.0 Å². The van der Waals surface area contributed by atoms with Crippen LogP contribution in [0.1, 0.15) is 45.1 Å². The van der Waals surface area contributed by atoms with Crippen molar-refractivity contribution in [3.8, 4) is 0 Å². The Morgan fingerprint density at radius 2 is 1.73 bits per heavy atom. The highest BCUT2D eigenvalue weighted by Gasteiger charge is 2.22. The number of benzene rings is 1. The van der Waals surface area contributed by atoms with Crippen molar-refractivity contribution >= 4 is 11.8 Å². The van der Waals surface area contributed by atoms with E-state index in [1.54, 1.807) is 6.20 Å². The second kappa shape index (κ2) is 9.51. The molecular weight excluding hydrogens is 322 g/mol. The van der Waals surface area contributed by atoms with Gasteiger partial charge in [0.25, 0.3) is 0 Å². The van der Waals surface area contributed by atoms with Crippen LogP contribution in [0, 0.1) is 5.92 Å². The average Bonchev–Trinajstić information content (AvgIpc) is 2.69. The molecule has 26 heavy (non-hydrogen) atoms. The molecule has 1 aliphatic rings. The molecule has 0 radical (unpaired) electrons. The minimum Gasteiger partial charge on any atom is -0.355 e. The number of anilines is 2. The van der Waals surface area contributed by atoms with Crippen LogP contribution in [0.4, 0.5) is 11.8 Å². The number of nitrogens with zero attached hydrogens (tertiary/aromatic N) is 5. The Balaban J connectivity index is 1.59. The lowest BCUT2D eigenvalue weighted by Gasteiger charge is -2.32. The molecule has 0 aliphatic carbocycles. The molecule has 0 amide bonds. The van der Waals surface area contributed by atoms with E-state index in [0.29, 0.717) is 0 Å². The summed E-state index contributed by atoms with van der Waals surface area (Å²) < 4.78 is 0. The molecule has 1 fully saturated rings. The maximum absolute atomic E-state index is 4.82. The fourth-order valence-electron chi connectivity index (χ4n) is 3.74. The zero-order valence-corrected chi connectivity index (χ0v) is 16.1. The van der Waals surface area contributed by atoms with Crippen LogP contribution in [0.15, 0.2) is 36.5 Å². The minimum absolute atomic E-state index is 0.751. The molecule has 5 heteroatoms. The summed E-state index contributed by atoms with van der Waals surface area (Å²) in [4.78, 5) is 9.44. The quantitative estimate of drug-likeness (QED) is 0.719. The molecule has 0 bridgehead atoms. The van der Waals surface area contributed by atoms with Gasteiger partial charge < -0.3 is 9.80 Å². The predicted molar refractivity (Wildman–Crippen MR) is 108 cm³/mol. The summed E-state index contributed by atoms with van der Waals surface area (Å²) in [5.74, 6) is 2.50. The summed E-state index contributed by atoms with van der Waals surface area (Å²) in [6.07, 6.45) is 7.59. The Morgan fingerprint density at radius 3 is 2.38 bits per heavy atom. The first-order valence-electron chi connectivity index (χ1n) is 10.0. The Morgan fingerprint density at radius 1 is 1.04 bits per heavy atom. The molecule has 2 heterocycles. The third-order valence-corrected chi connectivity index (χ3v) is 5.11. The van der Waals surface area contributed by atoms with E-state index in [4.69, 9.17) is 4.98 Å². The van der Waals surface area contributed by atoms with Crippen molar-refractivity contribution in [1.29, 1.82) is 0 Å². The smallest absolute Gasteiger partial charge is 0.247 e. The van der Waals surface area contributed by atoms with Gasteiger partial charge in [-0.25, -0.2) is 0 Å². The van der Waals surface area contributed by atoms with Crippen molar-refractivity contribution in [3.63, 3.8) is 0 Å². The number of rotatable bonds is 8. The number of hydrogen-bond acceptors (Lipinski definition) is 5. The van der Waals surface area contributed by atoms with Crippen molar-refractivity contribution in [2.24, 2.45) is 5.92 Å². The van der Waals surface area contributed by atoms with E-state index in [1.165, 1.54) is 24.8 Å². The third kappa shape index (κ3) is 4.93. The Labute approximate surface area is 157 Å². The lowest BCUT2D eigenvalue weighted by molar-refractivity contribution is 0.400. The molecule has 1 aromatic carbocycles. The Bertz CT molecular complexity index is 646. The first-order valence-corrected chi connectivity index (χ1v) is 10.0. The molecule has 5 nitrogen and oxygen atoms in total. The van der Waals surface area contributed by atoms with Crippen LogP contribution < -0.4 is 9.80 Å². The van der Waals surface area contributed by atoms with Crippen LogP contribution in [0.25, 0.3) is 0 Å². The second-order valence-corrected chi connectivity index (χ2v) is 7.22. The number of hydrogen-bond donors (Lipinski definition) is 0. The zero-order valence-electron chi connectivity index (χ0n) is 16.1. The number of piperidine rings is 1. The summed E-state index contributed by atoms with van der Waals surface area (Å²) in [5, 5.41) is 8.55. The van der Waals surface area contributed by atoms with E-state index in [-0.39, 0.29) is 0 Å². The molecule has 0 spiro atoms. The Kier molecular flexibility index (Phi) is 6.81. The van der Waals surface area contributed by atoms with Crippen molar-refractivity contribution in [3.05, 3.63) is 42.1 Å². The maximum Gasteiger partial charge on any atom is 0.247 e. The van der Waals surface area contributed by atoms with E-state index in [1.807, 2.05) is 0 Å². The molecular formula is C21H31N5. The normalized spacial score (nSPS) is 15.2. The zero-order chi connectivity index (χ0) is 18.2. The van der Waals surface area contributed by atoms with Crippen LogP contribution in [-0.4, -0.2) is 41.4 Å². The lowest BCUT2D eigenvalue weighted by Crippen LogP contribution is -2.36. The van der Waals surface area contributed by atoms with E-state index >= 15 is 0 Å². The minimum atomic E-state index is 0.751. The molecule has 3 rings (SSSR count). The van der Waals surface area contributed by atoms with Gasteiger partial charge in [-0.05, 0) is 43.6 Å². The van der Waals surface area contributed by atoms with Gasteiger partial charge in [0, 0.05) is 26.2 Å². The largest absolute Gasteiger partial charge is 0.355 e. The summed E-state index contributed by atoms with van der Waals surface area (Å²) in [6, 6.07) is 10.8. The van der Waals surface area contributed by atoms with Crippen molar-refractivity contribution < 1.29 is 0 Å². The van der Waals surface area contributed by atoms with Gasteiger partial charge in [-0.3, -0.25) is 0 Å². The van der Waals surface area contributed by atoms with Crippen LogP contribution in [0.3, 0.4) is 0 Å². The molecule has 0 saturated carbocycles. The van der Waals surface area contributed by atoms with E-state index in [2.05, 4.69) is 64.2 Å². The number of aromatic nitrogens is 3. The Hall–Kier alpha value is -2.17. The molecule has 1 aliphatic heterocycles.